The van der Waals surface area contributed by atoms with Gasteiger partial charge in [-0.1, -0.05) is 24.3 Å². The minimum absolute atomic E-state index is 0.0681. The Morgan fingerprint density at radius 2 is 2.00 bits per heavy atom. The number of rotatable bonds is 6. The highest BCUT2D eigenvalue weighted by atomic mass is 16.2. The van der Waals surface area contributed by atoms with Crippen LogP contribution in [-0.4, -0.2) is 48.8 Å². The Hall–Kier alpha value is -3.25. The minimum Gasteiger partial charge on any atom is -0.384 e. The summed E-state index contributed by atoms with van der Waals surface area (Å²) in [5.41, 5.74) is 10.4. The molecule has 2 aromatic carbocycles. The molecule has 1 atom stereocenters. The number of anilines is 1. The molecule has 3 N–H and O–H groups in total. The summed E-state index contributed by atoms with van der Waals surface area (Å²) in [6.07, 6.45) is 0.947. The van der Waals surface area contributed by atoms with Gasteiger partial charge in [-0.15, -0.1) is 0 Å². The molecule has 6 heteroatoms. The van der Waals surface area contributed by atoms with Crippen molar-refractivity contribution in [2.75, 3.05) is 32.5 Å². The molecule has 29 heavy (non-hydrogen) atoms. The molecule has 0 saturated heterocycles. The number of para-hydroxylation sites is 1. The number of amidine groups is 1. The number of aromatic nitrogens is 1. The van der Waals surface area contributed by atoms with Crippen LogP contribution in [0, 0.1) is 0 Å². The van der Waals surface area contributed by atoms with Crippen LogP contribution in [0.1, 0.15) is 29.2 Å². The first kappa shape index (κ1) is 19.1. The van der Waals surface area contributed by atoms with Gasteiger partial charge >= 0.3 is 0 Å². The molecule has 0 saturated carbocycles. The fourth-order valence-electron chi connectivity index (χ4n) is 3.63. The summed E-state index contributed by atoms with van der Waals surface area (Å²) in [5.74, 6) is -0.0198. The van der Waals surface area contributed by atoms with Gasteiger partial charge in [0.25, 0.3) is 0 Å². The van der Waals surface area contributed by atoms with Crippen molar-refractivity contribution < 1.29 is 4.79 Å². The van der Waals surface area contributed by atoms with Crippen LogP contribution in [0.2, 0.25) is 0 Å². The Balaban J connectivity index is 1.63. The van der Waals surface area contributed by atoms with Crippen LogP contribution in [0.4, 0.5) is 5.69 Å². The van der Waals surface area contributed by atoms with Crippen LogP contribution in [0.25, 0.3) is 10.9 Å². The first-order chi connectivity index (χ1) is 14.0. The number of benzene rings is 2. The molecule has 3 aromatic rings. The molecule has 0 spiro atoms. The zero-order chi connectivity index (χ0) is 20.4. The first-order valence-electron chi connectivity index (χ1n) is 9.78. The van der Waals surface area contributed by atoms with Crippen molar-refractivity contribution >= 4 is 28.3 Å². The molecule has 4 rings (SSSR count). The highest BCUT2D eigenvalue weighted by molar-refractivity contribution is 6.07. The summed E-state index contributed by atoms with van der Waals surface area (Å²) in [4.78, 5) is 24.1. The molecule has 1 amide bonds. The summed E-state index contributed by atoms with van der Waals surface area (Å²) in [7, 11) is 4.08. The summed E-state index contributed by atoms with van der Waals surface area (Å²) in [6.45, 7) is 1.64. The third-order valence-corrected chi connectivity index (χ3v) is 5.14. The van der Waals surface area contributed by atoms with Crippen molar-refractivity contribution in [2.24, 2.45) is 10.7 Å². The third-order valence-electron chi connectivity index (χ3n) is 5.14. The van der Waals surface area contributed by atoms with E-state index in [9.17, 15) is 4.79 Å². The molecule has 2 heterocycles. The number of carbonyl (C=O) groups is 1. The van der Waals surface area contributed by atoms with Gasteiger partial charge in [-0.3, -0.25) is 14.8 Å². The van der Waals surface area contributed by atoms with Crippen LogP contribution < -0.4 is 11.1 Å². The molecule has 0 fully saturated rings. The standard InChI is InChI=1S/C23H25N5O/c1-28(2)13-5-12-25-22(24)16-9-10-19-17(14-16)21(23(29)27-19)20-11-8-15-6-3-4-7-18(15)26-20/h3-4,6-11,14,21H,5,12-13H2,1-2H3,(H2,24,25)(H,27,29). The summed E-state index contributed by atoms with van der Waals surface area (Å²) >= 11 is 0. The second-order valence-corrected chi connectivity index (χ2v) is 7.58. The molecule has 0 bridgehead atoms. The molecule has 0 radical (unpaired) electrons. The van der Waals surface area contributed by atoms with Gasteiger partial charge in [0.1, 0.15) is 11.8 Å². The number of aliphatic imine (C=N–C) groups is 1. The van der Waals surface area contributed by atoms with E-state index < -0.39 is 5.92 Å². The second kappa shape index (κ2) is 8.01. The molecule has 1 aromatic heterocycles. The number of carbonyl (C=O) groups excluding carboxylic acids is 1. The molecule has 0 aliphatic carbocycles. The first-order valence-corrected chi connectivity index (χ1v) is 9.78. The number of nitrogens with two attached hydrogens (primary N) is 1. The van der Waals surface area contributed by atoms with E-state index in [1.54, 1.807) is 0 Å². The van der Waals surface area contributed by atoms with Crippen LogP contribution >= 0.6 is 0 Å². The number of pyridine rings is 1. The maximum atomic E-state index is 12.7. The number of nitrogens with one attached hydrogen (secondary N) is 1. The van der Waals surface area contributed by atoms with Crippen LogP contribution in [-0.2, 0) is 4.79 Å². The topological polar surface area (TPSA) is 83.6 Å². The smallest absolute Gasteiger partial charge is 0.238 e. The van der Waals surface area contributed by atoms with E-state index in [2.05, 4.69) is 15.2 Å². The number of hydrogen-bond donors (Lipinski definition) is 2. The molecule has 6 nitrogen and oxygen atoms in total. The number of amides is 1. The largest absolute Gasteiger partial charge is 0.384 e. The van der Waals surface area contributed by atoms with Gasteiger partial charge in [-0.05, 0) is 63.0 Å². The molecule has 148 valence electrons. The zero-order valence-corrected chi connectivity index (χ0v) is 16.7. The fourth-order valence-corrected chi connectivity index (χ4v) is 3.63. The van der Waals surface area contributed by atoms with Gasteiger partial charge in [-0.25, -0.2) is 0 Å². The average Bonchev–Trinajstić information content (AvgIpc) is 3.05. The zero-order valence-electron chi connectivity index (χ0n) is 16.7. The normalized spacial score (nSPS) is 16.3. The Morgan fingerprint density at radius 3 is 2.83 bits per heavy atom. The summed E-state index contributed by atoms with van der Waals surface area (Å²) in [6, 6.07) is 17.6. The Bertz CT molecular complexity index is 1090. The van der Waals surface area contributed by atoms with Gasteiger partial charge in [0.15, 0.2) is 0 Å². The molecule has 1 aliphatic heterocycles. The lowest BCUT2D eigenvalue weighted by Crippen LogP contribution is -2.17. The van der Waals surface area contributed by atoms with E-state index in [1.807, 2.05) is 68.7 Å². The van der Waals surface area contributed by atoms with Crippen molar-refractivity contribution in [3.63, 3.8) is 0 Å². The van der Waals surface area contributed by atoms with E-state index in [0.717, 1.165) is 46.4 Å². The molecular weight excluding hydrogens is 362 g/mol. The number of hydrogen-bond acceptors (Lipinski definition) is 4. The average molecular weight is 387 g/mol. The highest BCUT2D eigenvalue weighted by Gasteiger charge is 2.33. The Labute approximate surface area is 170 Å². The lowest BCUT2D eigenvalue weighted by atomic mass is 9.94. The summed E-state index contributed by atoms with van der Waals surface area (Å²) < 4.78 is 0. The van der Waals surface area contributed by atoms with Gasteiger partial charge in [0, 0.05) is 23.2 Å². The highest BCUT2D eigenvalue weighted by Crippen LogP contribution is 2.37. The summed E-state index contributed by atoms with van der Waals surface area (Å²) in [5, 5.41) is 4.01. The lowest BCUT2D eigenvalue weighted by Gasteiger charge is -2.11. The van der Waals surface area contributed by atoms with Gasteiger partial charge < -0.3 is 16.0 Å². The van der Waals surface area contributed by atoms with Crippen molar-refractivity contribution in [3.8, 4) is 0 Å². The van der Waals surface area contributed by atoms with Crippen LogP contribution in [0.15, 0.2) is 59.6 Å². The maximum Gasteiger partial charge on any atom is 0.238 e. The Kier molecular flexibility index (Phi) is 5.27. The predicted octanol–water partition coefficient (Wildman–Crippen LogP) is 2.98. The van der Waals surface area contributed by atoms with E-state index >= 15 is 0 Å². The van der Waals surface area contributed by atoms with Crippen molar-refractivity contribution in [3.05, 3.63) is 71.4 Å². The van der Waals surface area contributed by atoms with Crippen LogP contribution in [0.5, 0.6) is 0 Å². The SMILES string of the molecule is CN(C)CCCN=C(N)c1ccc2c(c1)C(c1ccc3ccccc3n1)C(=O)N2. The number of fused-ring (bicyclic) bond motifs is 2. The number of nitrogens with zero attached hydrogens (tertiary/aromatic N) is 3. The minimum atomic E-state index is -0.448. The van der Waals surface area contributed by atoms with E-state index in [-0.39, 0.29) is 5.91 Å². The van der Waals surface area contributed by atoms with E-state index in [1.165, 1.54) is 0 Å². The van der Waals surface area contributed by atoms with Crippen LogP contribution in [0.3, 0.4) is 0 Å². The molecule has 1 aliphatic rings. The molecule has 1 unspecified atom stereocenters. The van der Waals surface area contributed by atoms with Crippen molar-refractivity contribution in [1.29, 1.82) is 0 Å². The second-order valence-electron chi connectivity index (χ2n) is 7.58. The monoisotopic (exact) mass is 387 g/mol. The van der Waals surface area contributed by atoms with E-state index in [4.69, 9.17) is 10.7 Å². The van der Waals surface area contributed by atoms with E-state index in [0.29, 0.717) is 12.4 Å². The predicted molar refractivity (Wildman–Crippen MR) is 117 cm³/mol. The van der Waals surface area contributed by atoms with Gasteiger partial charge in [-0.2, -0.15) is 0 Å². The molecular formula is C23H25N5O. The van der Waals surface area contributed by atoms with Gasteiger partial charge in [0.2, 0.25) is 5.91 Å². The third kappa shape index (κ3) is 3.98. The van der Waals surface area contributed by atoms with Gasteiger partial charge in [0.05, 0.1) is 11.2 Å². The maximum absolute atomic E-state index is 12.7. The quantitative estimate of drug-likeness (QED) is 0.387. The lowest BCUT2D eigenvalue weighted by molar-refractivity contribution is -0.116. The fraction of sp³-hybridized carbons (Fsp3) is 0.261. The van der Waals surface area contributed by atoms with Crippen molar-refractivity contribution in [1.82, 2.24) is 9.88 Å². The van der Waals surface area contributed by atoms with Crippen molar-refractivity contribution in [2.45, 2.75) is 12.3 Å². The Morgan fingerprint density at radius 1 is 1.17 bits per heavy atom.